The largest absolute Gasteiger partial charge is 0.329 e. The molecule has 0 unspecified atom stereocenters. The maximum Gasteiger partial charge on any atom is 0.0344 e. The molecule has 0 saturated carbocycles. The van der Waals surface area contributed by atoms with Crippen molar-refractivity contribution in [1.29, 1.82) is 0 Å². The molecule has 0 atom stereocenters. The summed E-state index contributed by atoms with van der Waals surface area (Å²) in [5.41, 5.74) is 6.35. The summed E-state index contributed by atoms with van der Waals surface area (Å²) in [6.07, 6.45) is 5.32. The molecule has 0 bridgehead atoms. The highest BCUT2D eigenvalue weighted by Gasteiger charge is 2.34. The number of likely N-dealkylation sites (N-methyl/N-ethyl adjacent to an activating group) is 1. The molecule has 0 aromatic heterocycles. The first kappa shape index (κ1) is 13.7. The second-order valence-electron chi connectivity index (χ2n) is 5.51. The quantitative estimate of drug-likeness (QED) is 0.803. The summed E-state index contributed by atoms with van der Waals surface area (Å²) in [4.78, 5) is 5.14. The molecular formula is C13H27N3S. The maximum absolute atomic E-state index is 6.06. The van der Waals surface area contributed by atoms with Gasteiger partial charge < -0.3 is 10.6 Å². The van der Waals surface area contributed by atoms with Crippen molar-refractivity contribution in [2.45, 2.75) is 31.2 Å². The van der Waals surface area contributed by atoms with E-state index in [2.05, 4.69) is 28.6 Å². The van der Waals surface area contributed by atoms with Crippen molar-refractivity contribution in [2.75, 3.05) is 51.3 Å². The summed E-state index contributed by atoms with van der Waals surface area (Å²) in [6.45, 7) is 5.84. The highest BCUT2D eigenvalue weighted by atomic mass is 32.2. The van der Waals surface area contributed by atoms with Crippen LogP contribution in [0.25, 0.3) is 0 Å². The number of likely N-dealkylation sites (tertiary alicyclic amines) is 1. The fourth-order valence-electron chi connectivity index (χ4n) is 3.03. The Bertz CT molecular complexity index is 223. The van der Waals surface area contributed by atoms with Crippen molar-refractivity contribution in [2.24, 2.45) is 5.73 Å². The number of nitrogens with two attached hydrogens (primary N) is 1. The van der Waals surface area contributed by atoms with Crippen LogP contribution in [-0.4, -0.2) is 66.6 Å². The monoisotopic (exact) mass is 257 g/mol. The lowest BCUT2D eigenvalue weighted by Crippen LogP contribution is -2.55. The maximum atomic E-state index is 6.06. The third-order valence-corrected chi connectivity index (χ3v) is 5.55. The molecular weight excluding hydrogens is 230 g/mol. The predicted octanol–water partition coefficient (Wildman–Crippen LogP) is 1.24. The molecule has 0 radical (unpaired) electrons. The first-order valence-corrected chi connectivity index (χ1v) is 8.14. The summed E-state index contributed by atoms with van der Waals surface area (Å²) in [5.74, 6) is 2.57. The Morgan fingerprint density at radius 1 is 1.24 bits per heavy atom. The van der Waals surface area contributed by atoms with E-state index in [4.69, 9.17) is 5.73 Å². The van der Waals surface area contributed by atoms with Gasteiger partial charge in [-0.15, -0.1) is 0 Å². The van der Waals surface area contributed by atoms with Crippen LogP contribution in [0.15, 0.2) is 0 Å². The molecule has 2 saturated heterocycles. The topological polar surface area (TPSA) is 32.5 Å². The van der Waals surface area contributed by atoms with Gasteiger partial charge in [-0.05, 0) is 57.3 Å². The Morgan fingerprint density at radius 2 is 1.88 bits per heavy atom. The molecule has 0 spiro atoms. The zero-order chi connectivity index (χ0) is 12.1. The van der Waals surface area contributed by atoms with Crippen LogP contribution in [0.5, 0.6) is 0 Å². The van der Waals surface area contributed by atoms with Gasteiger partial charge in [0.25, 0.3) is 0 Å². The van der Waals surface area contributed by atoms with E-state index < -0.39 is 0 Å². The molecule has 2 aliphatic rings. The molecule has 2 heterocycles. The Hall–Kier alpha value is 0.230. The van der Waals surface area contributed by atoms with Crippen LogP contribution in [0.1, 0.15) is 25.7 Å². The number of nitrogens with zero attached hydrogens (tertiary/aromatic N) is 2. The molecule has 17 heavy (non-hydrogen) atoms. The molecule has 2 rings (SSSR count). The highest BCUT2D eigenvalue weighted by Crippen LogP contribution is 2.30. The average Bonchev–Trinajstić information content (AvgIpc) is 2.90. The second-order valence-corrected chi connectivity index (χ2v) is 6.74. The van der Waals surface area contributed by atoms with Crippen molar-refractivity contribution < 1.29 is 0 Å². The van der Waals surface area contributed by atoms with Gasteiger partial charge in [0.2, 0.25) is 0 Å². The summed E-state index contributed by atoms with van der Waals surface area (Å²) < 4.78 is 0. The Kier molecular flexibility index (Phi) is 5.15. The Labute approximate surface area is 110 Å². The third kappa shape index (κ3) is 3.37. The number of rotatable bonds is 5. The van der Waals surface area contributed by atoms with Crippen molar-refractivity contribution in [3.63, 3.8) is 0 Å². The normalized spacial score (nSPS) is 25.6. The Morgan fingerprint density at radius 3 is 2.47 bits per heavy atom. The minimum Gasteiger partial charge on any atom is -0.329 e. The minimum atomic E-state index is 0.297. The molecule has 4 heteroatoms. The summed E-state index contributed by atoms with van der Waals surface area (Å²) in [7, 11) is 2.28. The van der Waals surface area contributed by atoms with Gasteiger partial charge >= 0.3 is 0 Å². The van der Waals surface area contributed by atoms with Crippen molar-refractivity contribution in [3.05, 3.63) is 0 Å². The van der Waals surface area contributed by atoms with Gasteiger partial charge in [-0.3, -0.25) is 4.90 Å². The highest BCUT2D eigenvalue weighted by molar-refractivity contribution is 7.99. The molecule has 0 aromatic carbocycles. The predicted molar refractivity (Wildman–Crippen MR) is 76.6 cm³/mol. The van der Waals surface area contributed by atoms with E-state index in [-0.39, 0.29) is 0 Å². The standard InChI is InChI=1S/C13H27N3S/c1-15(8-9-16-6-2-3-7-16)13(12-14)4-10-17-11-5-13/h2-12,14H2,1H3. The molecule has 0 amide bonds. The molecule has 100 valence electrons. The van der Waals surface area contributed by atoms with Crippen molar-refractivity contribution in [1.82, 2.24) is 9.80 Å². The summed E-state index contributed by atoms with van der Waals surface area (Å²) in [6, 6.07) is 0. The number of thioether (sulfide) groups is 1. The van der Waals surface area contributed by atoms with Crippen molar-refractivity contribution in [3.8, 4) is 0 Å². The SMILES string of the molecule is CN(CCN1CCCC1)C1(CN)CCSCC1. The van der Waals surface area contributed by atoms with Crippen molar-refractivity contribution >= 4 is 11.8 Å². The molecule has 2 aliphatic heterocycles. The minimum absolute atomic E-state index is 0.297. The second kappa shape index (κ2) is 6.41. The molecule has 3 nitrogen and oxygen atoms in total. The summed E-state index contributed by atoms with van der Waals surface area (Å²) >= 11 is 2.08. The van der Waals surface area contributed by atoms with E-state index in [1.165, 1.54) is 63.4 Å². The fraction of sp³-hybridized carbons (Fsp3) is 1.00. The average molecular weight is 257 g/mol. The van der Waals surface area contributed by atoms with Gasteiger partial charge in [-0.2, -0.15) is 11.8 Å². The zero-order valence-electron chi connectivity index (χ0n) is 11.2. The van der Waals surface area contributed by atoms with Gasteiger partial charge in [0.1, 0.15) is 0 Å². The molecule has 2 N–H and O–H groups in total. The first-order chi connectivity index (χ1) is 8.27. The van der Waals surface area contributed by atoms with E-state index in [1.807, 2.05) is 0 Å². The van der Waals surface area contributed by atoms with Gasteiger partial charge in [0.05, 0.1) is 0 Å². The lowest BCUT2D eigenvalue weighted by Gasteiger charge is -2.44. The van der Waals surface area contributed by atoms with Gasteiger partial charge in [0.15, 0.2) is 0 Å². The fourth-order valence-corrected chi connectivity index (χ4v) is 4.28. The van der Waals surface area contributed by atoms with Crippen LogP contribution in [0, 0.1) is 0 Å². The number of hydrogen-bond donors (Lipinski definition) is 1. The van der Waals surface area contributed by atoms with Crippen LogP contribution in [-0.2, 0) is 0 Å². The lowest BCUT2D eigenvalue weighted by atomic mass is 9.90. The number of hydrogen-bond acceptors (Lipinski definition) is 4. The molecule has 2 fully saturated rings. The van der Waals surface area contributed by atoms with Crippen LogP contribution >= 0.6 is 11.8 Å². The van der Waals surface area contributed by atoms with E-state index >= 15 is 0 Å². The third-order valence-electron chi connectivity index (χ3n) is 4.56. The first-order valence-electron chi connectivity index (χ1n) is 6.98. The van der Waals surface area contributed by atoms with Gasteiger partial charge in [-0.1, -0.05) is 0 Å². The van der Waals surface area contributed by atoms with E-state index in [0.717, 1.165) is 6.54 Å². The van der Waals surface area contributed by atoms with Gasteiger partial charge in [-0.25, -0.2) is 0 Å². The van der Waals surface area contributed by atoms with Crippen LogP contribution in [0.2, 0.25) is 0 Å². The van der Waals surface area contributed by atoms with E-state index in [9.17, 15) is 0 Å². The van der Waals surface area contributed by atoms with Gasteiger partial charge in [0, 0.05) is 25.2 Å². The smallest absolute Gasteiger partial charge is 0.0344 e. The van der Waals surface area contributed by atoms with Crippen LogP contribution in [0.3, 0.4) is 0 Å². The molecule has 0 aromatic rings. The summed E-state index contributed by atoms with van der Waals surface area (Å²) in [5, 5.41) is 0. The zero-order valence-corrected chi connectivity index (χ0v) is 12.0. The van der Waals surface area contributed by atoms with E-state index in [0.29, 0.717) is 5.54 Å². The lowest BCUT2D eigenvalue weighted by molar-refractivity contribution is 0.103. The Balaban J connectivity index is 1.81. The van der Waals surface area contributed by atoms with Crippen LogP contribution in [0.4, 0.5) is 0 Å². The van der Waals surface area contributed by atoms with Crippen LogP contribution < -0.4 is 5.73 Å². The molecule has 0 aliphatic carbocycles. The van der Waals surface area contributed by atoms with E-state index in [1.54, 1.807) is 0 Å².